The monoisotopic (exact) mass is 294 g/mol. The zero-order chi connectivity index (χ0) is 15.4. The Kier molecular flexibility index (Phi) is 3.96. The van der Waals surface area contributed by atoms with Crippen molar-refractivity contribution >= 4 is 23.0 Å². The van der Waals surface area contributed by atoms with Gasteiger partial charge in [-0.1, -0.05) is 30.3 Å². The SMILES string of the molecule is CN(c1ccccc1)c1cc(Nc2ccccc2F)ncn1. The molecule has 0 fully saturated rings. The maximum absolute atomic E-state index is 13.7. The van der Waals surface area contributed by atoms with Gasteiger partial charge in [-0.05, 0) is 24.3 Å². The largest absolute Gasteiger partial charge is 0.338 e. The molecule has 0 atom stereocenters. The van der Waals surface area contributed by atoms with Crippen LogP contribution in [-0.2, 0) is 0 Å². The fraction of sp³-hybridized carbons (Fsp3) is 0.0588. The summed E-state index contributed by atoms with van der Waals surface area (Å²) in [5, 5.41) is 2.97. The van der Waals surface area contributed by atoms with Gasteiger partial charge in [-0.25, -0.2) is 14.4 Å². The summed E-state index contributed by atoms with van der Waals surface area (Å²) in [5.41, 5.74) is 1.40. The van der Waals surface area contributed by atoms with Gasteiger partial charge in [0, 0.05) is 18.8 Å². The van der Waals surface area contributed by atoms with E-state index in [1.54, 1.807) is 24.3 Å². The quantitative estimate of drug-likeness (QED) is 0.785. The minimum absolute atomic E-state index is 0.320. The Bertz CT molecular complexity index is 761. The molecule has 0 spiro atoms. The third kappa shape index (κ3) is 3.03. The van der Waals surface area contributed by atoms with Gasteiger partial charge < -0.3 is 10.2 Å². The highest BCUT2D eigenvalue weighted by molar-refractivity contribution is 5.64. The van der Waals surface area contributed by atoms with Crippen molar-refractivity contribution < 1.29 is 4.39 Å². The Balaban J connectivity index is 1.85. The number of aromatic nitrogens is 2. The molecule has 4 nitrogen and oxygen atoms in total. The van der Waals surface area contributed by atoms with E-state index < -0.39 is 0 Å². The van der Waals surface area contributed by atoms with Gasteiger partial charge in [0.05, 0.1) is 5.69 Å². The molecule has 1 heterocycles. The number of rotatable bonds is 4. The van der Waals surface area contributed by atoms with Gasteiger partial charge in [0.15, 0.2) is 0 Å². The van der Waals surface area contributed by atoms with Crippen molar-refractivity contribution in [2.75, 3.05) is 17.3 Å². The number of nitrogens with one attached hydrogen (secondary N) is 1. The van der Waals surface area contributed by atoms with Crippen molar-refractivity contribution in [3.8, 4) is 0 Å². The highest BCUT2D eigenvalue weighted by Crippen LogP contribution is 2.24. The van der Waals surface area contributed by atoms with Gasteiger partial charge in [-0.15, -0.1) is 0 Å². The average molecular weight is 294 g/mol. The Morgan fingerprint density at radius 1 is 0.955 bits per heavy atom. The standard InChI is InChI=1S/C17H15FN4/c1-22(13-7-3-2-4-8-13)17-11-16(19-12-20-17)21-15-10-6-5-9-14(15)18/h2-12H,1H3,(H,19,20,21). The minimum Gasteiger partial charge on any atom is -0.338 e. The first-order valence-corrected chi connectivity index (χ1v) is 6.86. The van der Waals surface area contributed by atoms with E-state index in [0.717, 1.165) is 11.5 Å². The van der Waals surface area contributed by atoms with Crippen LogP contribution in [0.2, 0.25) is 0 Å². The van der Waals surface area contributed by atoms with Crippen molar-refractivity contribution in [3.05, 3.63) is 72.8 Å². The molecule has 3 rings (SSSR count). The van der Waals surface area contributed by atoms with E-state index in [2.05, 4.69) is 15.3 Å². The minimum atomic E-state index is -0.320. The molecule has 0 aliphatic carbocycles. The van der Waals surface area contributed by atoms with Crippen LogP contribution in [0.3, 0.4) is 0 Å². The first kappa shape index (κ1) is 14.0. The van der Waals surface area contributed by atoms with Gasteiger partial charge in [0.1, 0.15) is 23.8 Å². The predicted molar refractivity (Wildman–Crippen MR) is 86.2 cm³/mol. The van der Waals surface area contributed by atoms with Crippen LogP contribution in [0.25, 0.3) is 0 Å². The smallest absolute Gasteiger partial charge is 0.146 e. The van der Waals surface area contributed by atoms with Crippen molar-refractivity contribution in [2.24, 2.45) is 0 Å². The molecule has 1 N–H and O–H groups in total. The van der Waals surface area contributed by atoms with E-state index in [-0.39, 0.29) is 5.82 Å². The molecular weight excluding hydrogens is 279 g/mol. The summed E-state index contributed by atoms with van der Waals surface area (Å²) in [7, 11) is 1.92. The lowest BCUT2D eigenvalue weighted by Gasteiger charge is -2.18. The third-order valence-electron chi connectivity index (χ3n) is 3.28. The zero-order valence-electron chi connectivity index (χ0n) is 12.1. The highest BCUT2D eigenvalue weighted by Gasteiger charge is 2.07. The molecule has 22 heavy (non-hydrogen) atoms. The number of hydrogen-bond donors (Lipinski definition) is 1. The van der Waals surface area contributed by atoms with E-state index in [1.165, 1.54) is 12.4 Å². The number of nitrogens with zero attached hydrogens (tertiary/aromatic N) is 3. The Labute approximate surface area is 128 Å². The molecule has 1 aromatic heterocycles. The predicted octanol–water partition coefficient (Wildman–Crippen LogP) is 4.13. The molecular formula is C17H15FN4. The van der Waals surface area contributed by atoms with E-state index >= 15 is 0 Å². The van der Waals surface area contributed by atoms with Crippen LogP contribution in [0, 0.1) is 5.82 Å². The maximum Gasteiger partial charge on any atom is 0.146 e. The summed E-state index contributed by atoms with van der Waals surface area (Å²) in [6, 6.07) is 18.1. The molecule has 5 heteroatoms. The molecule has 2 aromatic carbocycles. The van der Waals surface area contributed by atoms with Crippen molar-refractivity contribution in [3.63, 3.8) is 0 Å². The lowest BCUT2D eigenvalue weighted by Crippen LogP contribution is -2.11. The first-order valence-electron chi connectivity index (χ1n) is 6.86. The van der Waals surface area contributed by atoms with Crippen molar-refractivity contribution in [1.29, 1.82) is 0 Å². The van der Waals surface area contributed by atoms with Crippen LogP contribution in [-0.4, -0.2) is 17.0 Å². The van der Waals surface area contributed by atoms with Crippen LogP contribution in [0.5, 0.6) is 0 Å². The lowest BCUT2D eigenvalue weighted by atomic mass is 10.3. The molecule has 0 amide bonds. The third-order valence-corrected chi connectivity index (χ3v) is 3.28. The molecule has 0 aliphatic heterocycles. The van der Waals surface area contributed by atoms with Crippen LogP contribution in [0.15, 0.2) is 67.0 Å². The molecule has 0 radical (unpaired) electrons. The fourth-order valence-electron chi connectivity index (χ4n) is 2.08. The van der Waals surface area contributed by atoms with Gasteiger partial charge in [0.25, 0.3) is 0 Å². The molecule has 3 aromatic rings. The summed E-state index contributed by atoms with van der Waals surface area (Å²) in [6.07, 6.45) is 1.46. The van der Waals surface area contributed by atoms with Gasteiger partial charge >= 0.3 is 0 Å². The summed E-state index contributed by atoms with van der Waals surface area (Å²) in [6.45, 7) is 0. The van der Waals surface area contributed by atoms with E-state index in [4.69, 9.17) is 0 Å². The summed E-state index contributed by atoms with van der Waals surface area (Å²) in [4.78, 5) is 10.3. The molecule has 0 saturated heterocycles. The number of halogens is 1. The average Bonchev–Trinajstić information content (AvgIpc) is 2.57. The first-order chi connectivity index (χ1) is 10.7. The second kappa shape index (κ2) is 6.22. The normalized spacial score (nSPS) is 10.3. The van der Waals surface area contributed by atoms with Crippen LogP contribution in [0.4, 0.5) is 27.4 Å². The van der Waals surface area contributed by atoms with E-state index in [1.807, 2.05) is 42.3 Å². The van der Waals surface area contributed by atoms with E-state index in [0.29, 0.717) is 11.5 Å². The van der Waals surface area contributed by atoms with Crippen molar-refractivity contribution in [1.82, 2.24) is 9.97 Å². The molecule has 0 saturated carbocycles. The molecule has 0 bridgehead atoms. The van der Waals surface area contributed by atoms with Gasteiger partial charge in [-0.2, -0.15) is 0 Å². The summed E-state index contributed by atoms with van der Waals surface area (Å²) >= 11 is 0. The number of para-hydroxylation sites is 2. The molecule has 0 aliphatic rings. The topological polar surface area (TPSA) is 41.0 Å². The second-order valence-electron chi connectivity index (χ2n) is 4.76. The fourth-order valence-corrected chi connectivity index (χ4v) is 2.08. The highest BCUT2D eigenvalue weighted by atomic mass is 19.1. The second-order valence-corrected chi connectivity index (χ2v) is 4.76. The van der Waals surface area contributed by atoms with E-state index in [9.17, 15) is 4.39 Å². The number of hydrogen-bond acceptors (Lipinski definition) is 4. The van der Waals surface area contributed by atoms with Crippen LogP contribution >= 0.6 is 0 Å². The van der Waals surface area contributed by atoms with Crippen LogP contribution in [0.1, 0.15) is 0 Å². The Morgan fingerprint density at radius 3 is 2.45 bits per heavy atom. The van der Waals surface area contributed by atoms with Crippen molar-refractivity contribution in [2.45, 2.75) is 0 Å². The van der Waals surface area contributed by atoms with Crippen LogP contribution < -0.4 is 10.2 Å². The van der Waals surface area contributed by atoms with Gasteiger partial charge in [0.2, 0.25) is 0 Å². The zero-order valence-corrected chi connectivity index (χ0v) is 12.1. The molecule has 0 unspecified atom stereocenters. The maximum atomic E-state index is 13.7. The number of benzene rings is 2. The Morgan fingerprint density at radius 2 is 1.68 bits per heavy atom. The number of anilines is 4. The summed E-state index contributed by atoms with van der Waals surface area (Å²) < 4.78 is 13.7. The van der Waals surface area contributed by atoms with Gasteiger partial charge in [-0.3, -0.25) is 0 Å². The Hall–Kier alpha value is -2.95. The summed E-state index contributed by atoms with van der Waals surface area (Å²) in [5.74, 6) is 0.942. The molecule has 110 valence electrons. The lowest BCUT2D eigenvalue weighted by molar-refractivity contribution is 0.632.